The molecule has 0 aromatic heterocycles. The minimum absolute atomic E-state index is 0.840. The molecule has 2 aliphatic rings. The SMILES string of the molecule is CC1CCC(C)CC1.Cc1ccc(C2CCC(C)CC2)cc1. The molecule has 0 aliphatic heterocycles. The highest BCUT2D eigenvalue weighted by Crippen LogP contribution is 2.35. The van der Waals surface area contributed by atoms with Crippen molar-refractivity contribution in [2.24, 2.45) is 17.8 Å². The first-order chi connectivity index (χ1) is 10.5. The van der Waals surface area contributed by atoms with Gasteiger partial charge in [-0.15, -0.1) is 0 Å². The first-order valence-corrected chi connectivity index (χ1v) is 9.61. The van der Waals surface area contributed by atoms with Gasteiger partial charge in [-0.05, 0) is 49.0 Å². The Morgan fingerprint density at radius 1 is 0.591 bits per heavy atom. The molecule has 0 N–H and O–H groups in total. The summed E-state index contributed by atoms with van der Waals surface area (Å²) in [6.45, 7) is 9.27. The molecule has 2 fully saturated rings. The Morgan fingerprint density at radius 2 is 0.955 bits per heavy atom. The number of benzene rings is 1. The summed E-state index contributed by atoms with van der Waals surface area (Å²) in [6, 6.07) is 9.12. The molecular weight excluding hydrogens is 264 g/mol. The van der Waals surface area contributed by atoms with E-state index in [9.17, 15) is 0 Å². The second-order valence-electron chi connectivity index (χ2n) is 8.23. The third-order valence-corrected chi connectivity index (χ3v) is 5.87. The minimum Gasteiger partial charge on any atom is -0.0625 e. The van der Waals surface area contributed by atoms with E-state index in [0.717, 1.165) is 23.7 Å². The molecule has 2 aliphatic carbocycles. The minimum atomic E-state index is 0.840. The average Bonchev–Trinajstić information content (AvgIpc) is 2.53. The van der Waals surface area contributed by atoms with E-state index in [-0.39, 0.29) is 0 Å². The van der Waals surface area contributed by atoms with Crippen LogP contribution in [0.15, 0.2) is 24.3 Å². The summed E-state index contributed by atoms with van der Waals surface area (Å²) in [6.07, 6.45) is 11.5. The van der Waals surface area contributed by atoms with Crippen LogP contribution in [0.5, 0.6) is 0 Å². The van der Waals surface area contributed by atoms with Gasteiger partial charge in [0, 0.05) is 0 Å². The molecule has 3 rings (SSSR count). The summed E-state index contributed by atoms with van der Waals surface area (Å²) in [5.74, 6) is 3.83. The van der Waals surface area contributed by atoms with Crippen LogP contribution in [0, 0.1) is 24.7 Å². The Balaban J connectivity index is 0.000000188. The highest BCUT2D eigenvalue weighted by atomic mass is 14.2. The molecule has 0 spiro atoms. The maximum atomic E-state index is 2.38. The van der Waals surface area contributed by atoms with Gasteiger partial charge >= 0.3 is 0 Å². The van der Waals surface area contributed by atoms with Crippen molar-refractivity contribution in [3.05, 3.63) is 35.4 Å². The normalized spacial score (nSPS) is 32.0. The quantitative estimate of drug-likeness (QED) is 0.518. The van der Waals surface area contributed by atoms with Crippen LogP contribution in [-0.2, 0) is 0 Å². The second kappa shape index (κ2) is 8.75. The van der Waals surface area contributed by atoms with Crippen molar-refractivity contribution in [3.8, 4) is 0 Å². The summed E-state index contributed by atoms with van der Waals surface area (Å²) in [7, 11) is 0. The molecule has 124 valence electrons. The van der Waals surface area contributed by atoms with E-state index in [2.05, 4.69) is 52.0 Å². The maximum Gasteiger partial charge on any atom is -0.0162 e. The van der Waals surface area contributed by atoms with Gasteiger partial charge in [-0.25, -0.2) is 0 Å². The average molecular weight is 301 g/mol. The molecule has 0 amide bonds. The van der Waals surface area contributed by atoms with Crippen molar-refractivity contribution in [3.63, 3.8) is 0 Å². The molecule has 2 saturated carbocycles. The Labute approximate surface area is 138 Å². The molecule has 1 aromatic carbocycles. The summed E-state index contributed by atoms with van der Waals surface area (Å²) in [4.78, 5) is 0. The van der Waals surface area contributed by atoms with E-state index in [4.69, 9.17) is 0 Å². The van der Waals surface area contributed by atoms with Crippen LogP contribution >= 0.6 is 0 Å². The zero-order valence-electron chi connectivity index (χ0n) is 15.3. The van der Waals surface area contributed by atoms with E-state index < -0.39 is 0 Å². The van der Waals surface area contributed by atoms with Gasteiger partial charge in [0.25, 0.3) is 0 Å². The van der Waals surface area contributed by atoms with E-state index in [1.54, 1.807) is 5.56 Å². The predicted octanol–water partition coefficient (Wildman–Crippen LogP) is 7.12. The fraction of sp³-hybridized carbons (Fsp3) is 0.727. The fourth-order valence-electron chi connectivity index (χ4n) is 3.86. The second-order valence-corrected chi connectivity index (χ2v) is 8.23. The van der Waals surface area contributed by atoms with Crippen molar-refractivity contribution in [1.29, 1.82) is 0 Å². The van der Waals surface area contributed by atoms with Gasteiger partial charge in [0.2, 0.25) is 0 Å². The van der Waals surface area contributed by atoms with Gasteiger partial charge < -0.3 is 0 Å². The fourth-order valence-corrected chi connectivity index (χ4v) is 3.86. The predicted molar refractivity (Wildman–Crippen MR) is 98.3 cm³/mol. The molecule has 1 aromatic rings. The van der Waals surface area contributed by atoms with E-state index >= 15 is 0 Å². The van der Waals surface area contributed by atoms with E-state index in [1.807, 2.05) is 0 Å². The molecule has 0 radical (unpaired) electrons. The third kappa shape index (κ3) is 5.78. The number of aryl methyl sites for hydroxylation is 1. The van der Waals surface area contributed by atoms with Crippen molar-refractivity contribution in [1.82, 2.24) is 0 Å². The van der Waals surface area contributed by atoms with Gasteiger partial charge in [0.15, 0.2) is 0 Å². The lowest BCUT2D eigenvalue weighted by atomic mass is 9.79. The third-order valence-electron chi connectivity index (χ3n) is 5.87. The molecule has 0 heteroatoms. The standard InChI is InChI=1S/C14H20.C8H16/c1-11-3-7-13(8-4-11)14-9-5-12(2)6-10-14;1-7-3-5-8(2)6-4-7/h3-4,7-8,12,14H,5-6,9-10H2,1-2H3;7-8H,3-6H2,1-2H3. The zero-order chi connectivity index (χ0) is 15.9. The van der Waals surface area contributed by atoms with Crippen LogP contribution in [0.25, 0.3) is 0 Å². The maximum absolute atomic E-state index is 2.38. The lowest BCUT2D eigenvalue weighted by molar-refractivity contribution is 0.308. The largest absolute Gasteiger partial charge is 0.0625 e. The van der Waals surface area contributed by atoms with Crippen molar-refractivity contribution in [2.45, 2.75) is 85.0 Å². The summed E-state index contributed by atoms with van der Waals surface area (Å²) < 4.78 is 0. The van der Waals surface area contributed by atoms with Crippen LogP contribution in [-0.4, -0.2) is 0 Å². The lowest BCUT2D eigenvalue weighted by Gasteiger charge is -2.26. The van der Waals surface area contributed by atoms with Crippen molar-refractivity contribution < 1.29 is 0 Å². The zero-order valence-corrected chi connectivity index (χ0v) is 15.3. The number of rotatable bonds is 1. The van der Waals surface area contributed by atoms with Crippen molar-refractivity contribution >= 4 is 0 Å². The Bertz CT molecular complexity index is 390. The van der Waals surface area contributed by atoms with Crippen LogP contribution in [0.3, 0.4) is 0 Å². The molecule has 0 unspecified atom stereocenters. The van der Waals surface area contributed by atoms with Gasteiger partial charge in [-0.1, -0.05) is 89.1 Å². The van der Waals surface area contributed by atoms with Gasteiger partial charge in [0.05, 0.1) is 0 Å². The molecule has 0 atom stereocenters. The Kier molecular flexibility index (Phi) is 6.99. The van der Waals surface area contributed by atoms with Gasteiger partial charge in [-0.2, -0.15) is 0 Å². The molecular formula is C22H36. The van der Waals surface area contributed by atoms with E-state index in [0.29, 0.717) is 0 Å². The molecule has 0 bridgehead atoms. The molecule has 0 nitrogen and oxygen atoms in total. The smallest absolute Gasteiger partial charge is 0.0162 e. The summed E-state index contributed by atoms with van der Waals surface area (Å²) in [5, 5.41) is 0. The lowest BCUT2D eigenvalue weighted by Crippen LogP contribution is -2.10. The highest BCUT2D eigenvalue weighted by Gasteiger charge is 2.19. The molecule has 22 heavy (non-hydrogen) atoms. The van der Waals surface area contributed by atoms with Crippen LogP contribution in [0.1, 0.15) is 89.2 Å². The molecule has 0 saturated heterocycles. The first-order valence-electron chi connectivity index (χ1n) is 9.61. The number of hydrogen-bond acceptors (Lipinski definition) is 0. The monoisotopic (exact) mass is 300 g/mol. The summed E-state index contributed by atoms with van der Waals surface area (Å²) in [5.41, 5.74) is 2.93. The summed E-state index contributed by atoms with van der Waals surface area (Å²) >= 11 is 0. The highest BCUT2D eigenvalue weighted by molar-refractivity contribution is 5.24. The van der Waals surface area contributed by atoms with Gasteiger partial charge in [0.1, 0.15) is 0 Å². The van der Waals surface area contributed by atoms with Crippen LogP contribution in [0.2, 0.25) is 0 Å². The van der Waals surface area contributed by atoms with E-state index in [1.165, 1.54) is 56.9 Å². The van der Waals surface area contributed by atoms with Gasteiger partial charge in [-0.3, -0.25) is 0 Å². The van der Waals surface area contributed by atoms with Crippen LogP contribution in [0.4, 0.5) is 0 Å². The molecule has 0 heterocycles. The Hall–Kier alpha value is -0.780. The van der Waals surface area contributed by atoms with Crippen molar-refractivity contribution in [2.75, 3.05) is 0 Å². The topological polar surface area (TPSA) is 0 Å². The van der Waals surface area contributed by atoms with Crippen LogP contribution < -0.4 is 0 Å². The first kappa shape index (κ1) is 17.6. The number of hydrogen-bond donors (Lipinski definition) is 0. The Morgan fingerprint density at radius 3 is 1.36 bits per heavy atom.